The molecule has 0 spiro atoms. The van der Waals surface area contributed by atoms with Crippen molar-refractivity contribution in [3.63, 3.8) is 0 Å². The number of fused-ring (bicyclic) bond motifs is 1. The van der Waals surface area contributed by atoms with E-state index in [9.17, 15) is 25.5 Å². The van der Waals surface area contributed by atoms with Crippen molar-refractivity contribution in [2.75, 3.05) is 6.61 Å². The number of phenolic OH excluding ortho intramolecular Hbond substituents is 4. The molecule has 5 N–H and O–H groups in total. The molecule has 0 saturated carbocycles. The Labute approximate surface area is 233 Å². The van der Waals surface area contributed by atoms with E-state index in [1.54, 1.807) is 48.6 Å². The number of phenols is 4. The van der Waals surface area contributed by atoms with Crippen LogP contribution in [0.2, 0.25) is 0 Å². The van der Waals surface area contributed by atoms with Crippen LogP contribution in [0, 0.1) is 6.92 Å². The van der Waals surface area contributed by atoms with E-state index in [1.165, 1.54) is 0 Å². The second-order valence-electron chi connectivity index (χ2n) is 10.1. The summed E-state index contributed by atoms with van der Waals surface area (Å²) >= 11 is 0. The number of hydrogen-bond donors (Lipinski definition) is 5. The maximum absolute atomic E-state index is 10.9. The molecule has 1 heterocycles. The highest BCUT2D eigenvalue weighted by molar-refractivity contribution is 5.82. The van der Waals surface area contributed by atoms with E-state index < -0.39 is 12.0 Å². The topological polar surface area (TPSA) is 110 Å². The van der Waals surface area contributed by atoms with E-state index in [0.717, 1.165) is 11.1 Å². The van der Waals surface area contributed by atoms with Gasteiger partial charge in [-0.3, -0.25) is 0 Å². The summed E-state index contributed by atoms with van der Waals surface area (Å²) < 4.78 is 6.54. The number of hydrogen-bond acceptors (Lipinski definition) is 6. The Morgan fingerprint density at radius 1 is 0.725 bits per heavy atom. The Bertz CT molecular complexity index is 1620. The standard InChI is InChI=1S/C34H32O6/c1-4-6-20-8-11-29(37)24(14-20)25-16-22(36)17-26-28(18-35)33(40-34(25)26)23-10-13-31(39)32(19(23)3)27-15-21(7-5-2)9-12-30(27)38/h4-5,8-17,28,33,35-39H,1-2,6-7,18H2,3H3. The number of aromatic hydroxyl groups is 4. The van der Waals surface area contributed by atoms with Crippen LogP contribution in [0.1, 0.15) is 39.8 Å². The third kappa shape index (κ3) is 4.67. The molecule has 2 unspecified atom stereocenters. The molecule has 0 aliphatic carbocycles. The van der Waals surface area contributed by atoms with E-state index in [0.29, 0.717) is 57.5 Å². The highest BCUT2D eigenvalue weighted by Gasteiger charge is 2.39. The molecule has 1 aliphatic heterocycles. The van der Waals surface area contributed by atoms with Crippen LogP contribution in [0.3, 0.4) is 0 Å². The van der Waals surface area contributed by atoms with E-state index in [2.05, 4.69) is 13.2 Å². The van der Waals surface area contributed by atoms with Gasteiger partial charge in [0.15, 0.2) is 0 Å². The molecule has 0 amide bonds. The minimum absolute atomic E-state index is 0.00523. The van der Waals surface area contributed by atoms with Crippen LogP contribution in [0.25, 0.3) is 22.3 Å². The molecule has 2 atom stereocenters. The highest BCUT2D eigenvalue weighted by Crippen LogP contribution is 2.54. The zero-order valence-electron chi connectivity index (χ0n) is 22.3. The maximum Gasteiger partial charge on any atom is 0.133 e. The maximum atomic E-state index is 10.9. The monoisotopic (exact) mass is 536 g/mol. The lowest BCUT2D eigenvalue weighted by Gasteiger charge is -2.22. The minimum Gasteiger partial charge on any atom is -0.508 e. The fourth-order valence-corrected chi connectivity index (χ4v) is 5.62. The predicted octanol–water partition coefficient (Wildman–Crippen LogP) is 6.82. The van der Waals surface area contributed by atoms with Crippen molar-refractivity contribution < 1.29 is 30.3 Å². The Morgan fingerprint density at radius 2 is 1.32 bits per heavy atom. The summed E-state index contributed by atoms with van der Waals surface area (Å²) in [6, 6.07) is 16.9. The van der Waals surface area contributed by atoms with Gasteiger partial charge in [0.1, 0.15) is 34.9 Å². The summed E-state index contributed by atoms with van der Waals surface area (Å²) in [5.41, 5.74) is 5.83. The predicted molar refractivity (Wildman–Crippen MR) is 156 cm³/mol. The molecule has 204 valence electrons. The fraction of sp³-hybridized carbons (Fsp3) is 0.176. The van der Waals surface area contributed by atoms with Crippen LogP contribution >= 0.6 is 0 Å². The lowest BCUT2D eigenvalue weighted by Crippen LogP contribution is -2.15. The second-order valence-corrected chi connectivity index (χ2v) is 10.1. The number of benzene rings is 4. The molecule has 0 aromatic heterocycles. The summed E-state index contributed by atoms with van der Waals surface area (Å²) in [6.45, 7) is 9.15. The van der Waals surface area contributed by atoms with Gasteiger partial charge in [0.05, 0.1) is 12.5 Å². The van der Waals surface area contributed by atoms with Crippen molar-refractivity contribution in [1.82, 2.24) is 0 Å². The van der Waals surface area contributed by atoms with E-state index in [-0.39, 0.29) is 29.6 Å². The average molecular weight is 537 g/mol. The summed E-state index contributed by atoms with van der Waals surface area (Å²) in [5, 5.41) is 53.5. The molecule has 6 nitrogen and oxygen atoms in total. The molecular formula is C34H32O6. The third-order valence-electron chi connectivity index (χ3n) is 7.54. The Balaban J connectivity index is 1.65. The Morgan fingerprint density at radius 3 is 1.95 bits per heavy atom. The third-order valence-corrected chi connectivity index (χ3v) is 7.54. The second kappa shape index (κ2) is 10.8. The smallest absolute Gasteiger partial charge is 0.133 e. The molecule has 5 rings (SSSR count). The molecule has 0 radical (unpaired) electrons. The van der Waals surface area contributed by atoms with Crippen molar-refractivity contribution in [2.45, 2.75) is 31.8 Å². The number of aliphatic hydroxyl groups excluding tert-OH is 1. The average Bonchev–Trinajstić information content (AvgIpc) is 3.29. The first kappa shape index (κ1) is 26.9. The molecule has 4 aromatic carbocycles. The van der Waals surface area contributed by atoms with Gasteiger partial charge in [0.2, 0.25) is 0 Å². The fourth-order valence-electron chi connectivity index (χ4n) is 5.62. The van der Waals surface area contributed by atoms with Crippen molar-refractivity contribution in [3.05, 3.63) is 114 Å². The molecular weight excluding hydrogens is 504 g/mol. The Hall–Kier alpha value is -4.68. The van der Waals surface area contributed by atoms with Gasteiger partial charge >= 0.3 is 0 Å². The van der Waals surface area contributed by atoms with Gasteiger partial charge in [-0.2, -0.15) is 0 Å². The number of ether oxygens (including phenoxy) is 1. The minimum atomic E-state index is -0.656. The van der Waals surface area contributed by atoms with Gasteiger partial charge in [-0.05, 0) is 84.5 Å². The van der Waals surface area contributed by atoms with Crippen molar-refractivity contribution >= 4 is 0 Å². The van der Waals surface area contributed by atoms with Crippen LogP contribution in [-0.2, 0) is 12.8 Å². The van der Waals surface area contributed by atoms with Gasteiger partial charge in [-0.25, -0.2) is 0 Å². The van der Waals surface area contributed by atoms with Crippen molar-refractivity contribution in [2.24, 2.45) is 0 Å². The zero-order chi connectivity index (χ0) is 28.6. The molecule has 0 saturated heterocycles. The van der Waals surface area contributed by atoms with Crippen LogP contribution in [0.5, 0.6) is 28.7 Å². The van der Waals surface area contributed by atoms with Crippen molar-refractivity contribution in [1.29, 1.82) is 0 Å². The zero-order valence-corrected chi connectivity index (χ0v) is 22.3. The van der Waals surface area contributed by atoms with Gasteiger partial charge < -0.3 is 30.3 Å². The van der Waals surface area contributed by atoms with Crippen LogP contribution in [-0.4, -0.2) is 32.1 Å². The molecule has 6 heteroatoms. The van der Waals surface area contributed by atoms with Gasteiger partial charge in [-0.1, -0.05) is 30.4 Å². The quantitative estimate of drug-likeness (QED) is 0.158. The molecule has 0 fully saturated rings. The van der Waals surface area contributed by atoms with Gasteiger partial charge in [0.25, 0.3) is 0 Å². The molecule has 4 aromatic rings. The van der Waals surface area contributed by atoms with Gasteiger partial charge in [-0.15, -0.1) is 13.2 Å². The normalized spacial score (nSPS) is 15.8. The number of rotatable bonds is 8. The summed E-state index contributed by atoms with van der Waals surface area (Å²) in [5.74, 6) is -0.0254. The largest absolute Gasteiger partial charge is 0.508 e. The summed E-state index contributed by atoms with van der Waals surface area (Å²) in [7, 11) is 0. The van der Waals surface area contributed by atoms with E-state index in [4.69, 9.17) is 4.74 Å². The van der Waals surface area contributed by atoms with E-state index in [1.807, 2.05) is 31.2 Å². The van der Waals surface area contributed by atoms with Crippen LogP contribution in [0.15, 0.2) is 86.0 Å². The lowest BCUT2D eigenvalue weighted by molar-refractivity contribution is 0.160. The first-order chi connectivity index (χ1) is 19.3. The number of allylic oxidation sites excluding steroid dienone is 2. The number of aliphatic hydroxyl groups is 1. The van der Waals surface area contributed by atoms with E-state index >= 15 is 0 Å². The van der Waals surface area contributed by atoms with Crippen LogP contribution in [0.4, 0.5) is 0 Å². The first-order valence-corrected chi connectivity index (χ1v) is 13.1. The summed E-state index contributed by atoms with van der Waals surface area (Å²) in [4.78, 5) is 0. The molecule has 1 aliphatic rings. The van der Waals surface area contributed by atoms with Crippen molar-refractivity contribution in [3.8, 4) is 51.0 Å². The lowest BCUT2D eigenvalue weighted by atomic mass is 9.85. The SMILES string of the molecule is C=CCc1ccc(O)c(-c2cc(O)cc3c2OC(c2ccc(O)c(-c4cc(CC=C)ccc4O)c2C)C3CO)c1. The van der Waals surface area contributed by atoms with Gasteiger partial charge in [0, 0.05) is 27.8 Å². The molecule has 40 heavy (non-hydrogen) atoms. The highest BCUT2D eigenvalue weighted by atomic mass is 16.5. The Kier molecular flexibility index (Phi) is 7.28. The van der Waals surface area contributed by atoms with Crippen LogP contribution < -0.4 is 4.74 Å². The molecule has 0 bridgehead atoms. The summed E-state index contributed by atoms with van der Waals surface area (Å²) in [6.07, 6.45) is 4.10. The first-order valence-electron chi connectivity index (χ1n) is 13.1.